The van der Waals surface area contributed by atoms with Crippen molar-refractivity contribution in [2.45, 2.75) is 12.3 Å². The Morgan fingerprint density at radius 2 is 1.04 bits per heavy atom. The third-order valence-electron chi connectivity index (χ3n) is 11.3. The number of hydrogen-bond acceptors (Lipinski definition) is 3. The standard InChI is InChI=1S/C52H36N4/c1-4-14-35(15-5-1)36-24-28-41(29-25-36)55-48-22-12-10-20-42(48)44-30-26-40(33-51(44)55)39-27-31-50-45(32-39)43-21-11-13-23-49(43)56(50)52-53-46(37-16-6-2-7-17-37)34-47(54-52)38-18-8-3-9-19-38/h1-20,22-34,43H,21H2. The van der Waals surface area contributed by atoms with Crippen LogP contribution in [0.2, 0.25) is 0 Å². The molecule has 0 fully saturated rings. The first-order valence-corrected chi connectivity index (χ1v) is 19.3. The highest BCUT2D eigenvalue weighted by atomic mass is 15.3. The molecular weight excluding hydrogens is 681 g/mol. The monoisotopic (exact) mass is 716 g/mol. The van der Waals surface area contributed by atoms with Gasteiger partial charge in [-0.25, -0.2) is 9.97 Å². The zero-order valence-electron chi connectivity index (χ0n) is 30.6. The van der Waals surface area contributed by atoms with Gasteiger partial charge in [0.2, 0.25) is 5.95 Å². The number of benzene rings is 7. The maximum atomic E-state index is 5.24. The lowest BCUT2D eigenvalue weighted by Gasteiger charge is -2.23. The molecule has 1 aliphatic carbocycles. The summed E-state index contributed by atoms with van der Waals surface area (Å²) in [4.78, 5) is 12.8. The Kier molecular flexibility index (Phi) is 7.59. The molecule has 7 aromatic carbocycles. The Labute approximate surface area is 326 Å². The highest BCUT2D eigenvalue weighted by Crippen LogP contribution is 2.51. The maximum absolute atomic E-state index is 5.24. The van der Waals surface area contributed by atoms with Crippen LogP contribution < -0.4 is 4.90 Å². The molecule has 1 unspecified atom stereocenters. The fraction of sp³-hybridized carbons (Fsp3) is 0.0385. The lowest BCUT2D eigenvalue weighted by atomic mass is 9.90. The van der Waals surface area contributed by atoms with Gasteiger partial charge in [-0.05, 0) is 82.8 Å². The van der Waals surface area contributed by atoms with Crippen molar-refractivity contribution in [3.63, 3.8) is 0 Å². The van der Waals surface area contributed by atoms with Gasteiger partial charge in [-0.15, -0.1) is 0 Å². The van der Waals surface area contributed by atoms with Gasteiger partial charge in [-0.2, -0.15) is 0 Å². The molecule has 2 aromatic heterocycles. The molecule has 0 radical (unpaired) electrons. The summed E-state index contributed by atoms with van der Waals surface area (Å²) in [5.74, 6) is 0.893. The van der Waals surface area contributed by atoms with Crippen LogP contribution in [0.1, 0.15) is 17.9 Å². The number of rotatable bonds is 6. The van der Waals surface area contributed by atoms with Gasteiger partial charge in [0.25, 0.3) is 0 Å². The summed E-state index contributed by atoms with van der Waals surface area (Å²) in [6, 6.07) is 65.0. The van der Waals surface area contributed by atoms with Gasteiger partial charge in [0.1, 0.15) is 0 Å². The SMILES string of the molecule is C1=CCC2C(=C1)N(c1nc(-c3ccccc3)cc(-c3ccccc3)n1)c1ccc(-c3ccc4c5ccccc5n(-c5ccc(-c6ccccc6)cc5)c4c3)cc12. The van der Waals surface area contributed by atoms with Crippen LogP contribution >= 0.6 is 0 Å². The third-order valence-corrected chi connectivity index (χ3v) is 11.3. The Hall–Kier alpha value is -7.30. The van der Waals surface area contributed by atoms with Gasteiger partial charge in [0, 0.05) is 39.2 Å². The van der Waals surface area contributed by atoms with Crippen LogP contribution in [0.15, 0.2) is 206 Å². The summed E-state index contributed by atoms with van der Waals surface area (Å²) in [5, 5.41) is 2.50. The van der Waals surface area contributed by atoms with Crippen LogP contribution in [0.3, 0.4) is 0 Å². The quantitative estimate of drug-likeness (QED) is 0.172. The first-order chi connectivity index (χ1) is 27.8. The number of fused-ring (bicyclic) bond motifs is 6. The zero-order valence-corrected chi connectivity index (χ0v) is 30.6. The number of allylic oxidation sites excluding steroid dienone is 4. The van der Waals surface area contributed by atoms with Crippen molar-refractivity contribution in [1.82, 2.24) is 14.5 Å². The largest absolute Gasteiger partial charge is 0.309 e. The molecule has 9 aromatic rings. The van der Waals surface area contributed by atoms with E-state index < -0.39 is 0 Å². The molecule has 264 valence electrons. The van der Waals surface area contributed by atoms with E-state index in [4.69, 9.17) is 9.97 Å². The summed E-state index contributed by atoms with van der Waals surface area (Å²) in [5.41, 5.74) is 15.9. The average Bonchev–Trinajstić information content (AvgIpc) is 3.79. The second-order valence-electron chi connectivity index (χ2n) is 14.6. The Morgan fingerprint density at radius 3 is 1.75 bits per heavy atom. The van der Waals surface area contributed by atoms with E-state index in [1.54, 1.807) is 0 Å². The molecule has 2 aliphatic rings. The van der Waals surface area contributed by atoms with Crippen LogP contribution in [0.25, 0.3) is 72.3 Å². The van der Waals surface area contributed by atoms with Gasteiger partial charge in [-0.1, -0.05) is 152 Å². The third kappa shape index (κ3) is 5.38. The number of para-hydroxylation sites is 1. The van der Waals surface area contributed by atoms with E-state index in [1.165, 1.54) is 55.3 Å². The fourth-order valence-electron chi connectivity index (χ4n) is 8.62. The molecule has 11 rings (SSSR count). The summed E-state index contributed by atoms with van der Waals surface area (Å²) >= 11 is 0. The predicted molar refractivity (Wildman–Crippen MR) is 231 cm³/mol. The van der Waals surface area contributed by atoms with Crippen LogP contribution in [0.5, 0.6) is 0 Å². The van der Waals surface area contributed by atoms with Gasteiger partial charge < -0.3 is 4.57 Å². The molecular formula is C52H36N4. The van der Waals surface area contributed by atoms with Crippen molar-refractivity contribution in [2.75, 3.05) is 4.90 Å². The number of aromatic nitrogens is 3. The first kappa shape index (κ1) is 32.2. The molecule has 0 amide bonds. The van der Waals surface area contributed by atoms with Gasteiger partial charge in [0.05, 0.1) is 28.1 Å². The molecule has 1 atom stereocenters. The maximum Gasteiger partial charge on any atom is 0.235 e. The van der Waals surface area contributed by atoms with Crippen LogP contribution in [0, 0.1) is 0 Å². The fourth-order valence-corrected chi connectivity index (χ4v) is 8.62. The van der Waals surface area contributed by atoms with Crippen molar-refractivity contribution >= 4 is 33.4 Å². The van der Waals surface area contributed by atoms with Crippen molar-refractivity contribution in [3.05, 3.63) is 211 Å². The Balaban J connectivity index is 1.03. The average molecular weight is 717 g/mol. The van der Waals surface area contributed by atoms with Gasteiger partial charge >= 0.3 is 0 Å². The van der Waals surface area contributed by atoms with Crippen molar-refractivity contribution in [2.24, 2.45) is 0 Å². The summed E-state index contributed by atoms with van der Waals surface area (Å²) < 4.78 is 2.41. The number of nitrogens with zero attached hydrogens (tertiary/aromatic N) is 4. The van der Waals surface area contributed by atoms with E-state index in [-0.39, 0.29) is 5.92 Å². The van der Waals surface area contributed by atoms with E-state index in [0.717, 1.165) is 40.3 Å². The minimum Gasteiger partial charge on any atom is -0.309 e. The molecule has 4 heteroatoms. The smallest absolute Gasteiger partial charge is 0.235 e. The van der Waals surface area contributed by atoms with E-state index in [0.29, 0.717) is 5.95 Å². The number of hydrogen-bond donors (Lipinski definition) is 0. The highest BCUT2D eigenvalue weighted by molar-refractivity contribution is 6.10. The summed E-state index contributed by atoms with van der Waals surface area (Å²) in [6.45, 7) is 0. The van der Waals surface area contributed by atoms with Crippen LogP contribution in [0.4, 0.5) is 11.6 Å². The molecule has 0 N–H and O–H groups in total. The Morgan fingerprint density at radius 1 is 0.464 bits per heavy atom. The van der Waals surface area contributed by atoms with Crippen LogP contribution in [-0.2, 0) is 0 Å². The number of anilines is 2. The van der Waals surface area contributed by atoms with Crippen LogP contribution in [-0.4, -0.2) is 14.5 Å². The first-order valence-electron chi connectivity index (χ1n) is 19.3. The minimum atomic E-state index is 0.206. The lowest BCUT2D eigenvalue weighted by Crippen LogP contribution is -2.18. The second-order valence-corrected chi connectivity index (χ2v) is 14.6. The van der Waals surface area contributed by atoms with E-state index in [1.807, 2.05) is 12.1 Å². The van der Waals surface area contributed by atoms with Crippen molar-refractivity contribution in [3.8, 4) is 50.5 Å². The molecule has 0 saturated carbocycles. The minimum absolute atomic E-state index is 0.206. The van der Waals surface area contributed by atoms with Crippen molar-refractivity contribution < 1.29 is 0 Å². The summed E-state index contributed by atoms with van der Waals surface area (Å²) in [6.07, 6.45) is 7.61. The second kappa shape index (κ2) is 13.2. The highest BCUT2D eigenvalue weighted by Gasteiger charge is 2.37. The molecule has 56 heavy (non-hydrogen) atoms. The molecule has 0 spiro atoms. The van der Waals surface area contributed by atoms with Crippen molar-refractivity contribution in [1.29, 1.82) is 0 Å². The normalized spacial score (nSPS) is 14.5. The van der Waals surface area contributed by atoms with Gasteiger partial charge in [-0.3, -0.25) is 4.90 Å². The zero-order chi connectivity index (χ0) is 37.0. The molecule has 4 nitrogen and oxygen atoms in total. The van der Waals surface area contributed by atoms with Gasteiger partial charge in [0.15, 0.2) is 0 Å². The van der Waals surface area contributed by atoms with E-state index in [9.17, 15) is 0 Å². The topological polar surface area (TPSA) is 34.0 Å². The predicted octanol–water partition coefficient (Wildman–Crippen LogP) is 13.3. The van der Waals surface area contributed by atoms with E-state index >= 15 is 0 Å². The molecule has 0 bridgehead atoms. The molecule has 1 aliphatic heterocycles. The summed E-state index contributed by atoms with van der Waals surface area (Å²) in [7, 11) is 0. The molecule has 0 saturated heterocycles. The lowest BCUT2D eigenvalue weighted by molar-refractivity contribution is 0.813. The Bertz CT molecular complexity index is 2920. The molecule has 3 heterocycles. The van der Waals surface area contributed by atoms with E-state index in [2.05, 4.69) is 198 Å².